The van der Waals surface area contributed by atoms with Crippen LogP contribution in [0.5, 0.6) is 0 Å². The quantitative estimate of drug-likeness (QED) is 0.662. The minimum absolute atomic E-state index is 0.140. The van der Waals surface area contributed by atoms with Gasteiger partial charge in [0.2, 0.25) is 5.91 Å². The van der Waals surface area contributed by atoms with Crippen LogP contribution in [0.2, 0.25) is 0 Å². The largest absolute Gasteiger partial charge is 0.352 e. The molecule has 0 saturated carbocycles. The molecule has 0 aliphatic carbocycles. The highest BCUT2D eigenvalue weighted by Gasteiger charge is 2.17. The van der Waals surface area contributed by atoms with E-state index in [1.165, 1.54) is 6.92 Å². The van der Waals surface area contributed by atoms with Crippen molar-refractivity contribution < 1.29 is 17.8 Å². The van der Waals surface area contributed by atoms with Crippen LogP contribution in [-0.2, 0) is 14.9 Å². The number of hydrogen-bond donors (Lipinski definition) is 2. The van der Waals surface area contributed by atoms with Crippen molar-refractivity contribution in [2.45, 2.75) is 33.2 Å². The van der Waals surface area contributed by atoms with Crippen molar-refractivity contribution in [2.75, 3.05) is 5.75 Å². The molecule has 0 radical (unpaired) electrons. The second-order valence-electron chi connectivity index (χ2n) is 3.47. The zero-order valence-corrected chi connectivity index (χ0v) is 9.47. The van der Waals surface area contributed by atoms with Crippen LogP contribution in [0.4, 0.5) is 0 Å². The number of amides is 1. The summed E-state index contributed by atoms with van der Waals surface area (Å²) in [6.07, 6.45) is 0.699. The lowest BCUT2D eigenvalue weighted by Crippen LogP contribution is -2.40. The van der Waals surface area contributed by atoms with E-state index >= 15 is 0 Å². The van der Waals surface area contributed by atoms with Gasteiger partial charge in [-0.3, -0.25) is 9.35 Å². The number of rotatable bonds is 5. The summed E-state index contributed by atoms with van der Waals surface area (Å²) in [6.45, 7) is 5.17. The van der Waals surface area contributed by atoms with Gasteiger partial charge in [-0.05, 0) is 13.3 Å². The maximum atomic E-state index is 11.3. The molecule has 0 bridgehead atoms. The van der Waals surface area contributed by atoms with Crippen molar-refractivity contribution in [1.82, 2.24) is 5.32 Å². The first-order valence-corrected chi connectivity index (χ1v) is 6.12. The van der Waals surface area contributed by atoms with Gasteiger partial charge in [-0.1, -0.05) is 13.8 Å². The fourth-order valence-electron chi connectivity index (χ4n) is 0.928. The Morgan fingerprint density at radius 1 is 1.43 bits per heavy atom. The van der Waals surface area contributed by atoms with Gasteiger partial charge in [0.25, 0.3) is 10.1 Å². The molecule has 14 heavy (non-hydrogen) atoms. The Morgan fingerprint density at radius 2 is 1.93 bits per heavy atom. The van der Waals surface area contributed by atoms with E-state index < -0.39 is 21.9 Å². The van der Waals surface area contributed by atoms with Gasteiger partial charge in [0, 0.05) is 12.0 Å². The third kappa shape index (κ3) is 5.93. The highest BCUT2D eigenvalue weighted by molar-refractivity contribution is 7.85. The van der Waals surface area contributed by atoms with E-state index in [9.17, 15) is 13.2 Å². The number of nitrogens with one attached hydrogen (secondary N) is 1. The fourth-order valence-corrected chi connectivity index (χ4v) is 1.64. The zero-order chi connectivity index (χ0) is 11.4. The van der Waals surface area contributed by atoms with Gasteiger partial charge in [0.05, 0.1) is 5.75 Å². The molecular formula is C8H17NO4S. The molecule has 0 heterocycles. The van der Waals surface area contributed by atoms with Gasteiger partial charge in [-0.15, -0.1) is 0 Å². The maximum Gasteiger partial charge on any atom is 0.266 e. The number of hydrogen-bond acceptors (Lipinski definition) is 3. The van der Waals surface area contributed by atoms with Crippen LogP contribution in [0.1, 0.15) is 27.2 Å². The Bertz CT molecular complexity index is 286. The molecule has 0 aliphatic heterocycles. The van der Waals surface area contributed by atoms with Crippen molar-refractivity contribution in [3.63, 3.8) is 0 Å². The molecule has 84 valence electrons. The first-order valence-electron chi connectivity index (χ1n) is 4.51. The fraction of sp³-hybridized carbons (Fsp3) is 0.875. The van der Waals surface area contributed by atoms with Crippen LogP contribution in [0, 0.1) is 5.92 Å². The number of carbonyl (C=O) groups is 1. The molecule has 0 spiro atoms. The second-order valence-corrected chi connectivity index (χ2v) is 4.96. The molecule has 0 aromatic carbocycles. The van der Waals surface area contributed by atoms with Gasteiger partial charge >= 0.3 is 0 Å². The van der Waals surface area contributed by atoms with Gasteiger partial charge < -0.3 is 5.32 Å². The highest BCUT2D eigenvalue weighted by atomic mass is 32.2. The lowest BCUT2D eigenvalue weighted by Gasteiger charge is -2.15. The smallest absolute Gasteiger partial charge is 0.266 e. The molecule has 2 unspecified atom stereocenters. The molecule has 0 rings (SSSR count). The highest BCUT2D eigenvalue weighted by Crippen LogP contribution is 2.01. The van der Waals surface area contributed by atoms with Gasteiger partial charge in [-0.2, -0.15) is 8.42 Å². The van der Waals surface area contributed by atoms with Crippen molar-refractivity contribution >= 4 is 16.0 Å². The van der Waals surface area contributed by atoms with Crippen LogP contribution in [0.25, 0.3) is 0 Å². The molecule has 0 saturated heterocycles. The minimum atomic E-state index is -4.02. The van der Waals surface area contributed by atoms with E-state index in [0.717, 1.165) is 0 Å². The second kappa shape index (κ2) is 5.31. The molecule has 5 nitrogen and oxygen atoms in total. The monoisotopic (exact) mass is 223 g/mol. The standard InChI is InChI=1S/C8H17NO4S/c1-4-6(2)8(10)9-7(3)5-14(11,12)13/h6-7H,4-5H2,1-3H3,(H,9,10)(H,11,12,13). The molecular weight excluding hydrogens is 206 g/mol. The van der Waals surface area contributed by atoms with Crippen LogP contribution in [-0.4, -0.2) is 30.7 Å². The Hall–Kier alpha value is -0.620. The average molecular weight is 223 g/mol. The van der Waals surface area contributed by atoms with Crippen LogP contribution >= 0.6 is 0 Å². The van der Waals surface area contributed by atoms with E-state index in [1.54, 1.807) is 6.92 Å². The summed E-state index contributed by atoms with van der Waals surface area (Å²) in [5, 5.41) is 2.51. The molecule has 0 aromatic rings. The topological polar surface area (TPSA) is 83.5 Å². The van der Waals surface area contributed by atoms with E-state index in [0.29, 0.717) is 6.42 Å². The summed E-state index contributed by atoms with van der Waals surface area (Å²) in [5.74, 6) is -0.780. The molecule has 0 fully saturated rings. The average Bonchev–Trinajstić information content (AvgIpc) is 1.99. The lowest BCUT2D eigenvalue weighted by atomic mass is 10.1. The zero-order valence-electron chi connectivity index (χ0n) is 8.65. The summed E-state index contributed by atoms with van der Waals surface area (Å²) in [5.41, 5.74) is 0. The predicted octanol–water partition coefficient (Wildman–Crippen LogP) is 0.425. The van der Waals surface area contributed by atoms with Crippen molar-refractivity contribution in [3.8, 4) is 0 Å². The summed E-state index contributed by atoms with van der Waals surface area (Å²) in [4.78, 5) is 11.3. The van der Waals surface area contributed by atoms with E-state index in [4.69, 9.17) is 4.55 Å². The molecule has 0 aromatic heterocycles. The van der Waals surface area contributed by atoms with E-state index in [1.807, 2.05) is 6.92 Å². The van der Waals surface area contributed by atoms with Gasteiger partial charge in [-0.25, -0.2) is 0 Å². The van der Waals surface area contributed by atoms with Crippen LogP contribution < -0.4 is 5.32 Å². The lowest BCUT2D eigenvalue weighted by molar-refractivity contribution is -0.125. The van der Waals surface area contributed by atoms with E-state index in [-0.39, 0.29) is 11.8 Å². The molecule has 0 aliphatic rings. The maximum absolute atomic E-state index is 11.3. The third-order valence-electron chi connectivity index (χ3n) is 1.91. The Labute approximate surface area is 84.6 Å². The summed E-state index contributed by atoms with van der Waals surface area (Å²) >= 11 is 0. The van der Waals surface area contributed by atoms with Crippen LogP contribution in [0.3, 0.4) is 0 Å². The van der Waals surface area contributed by atoms with Gasteiger partial charge in [0.1, 0.15) is 0 Å². The Kier molecular flexibility index (Phi) is 5.07. The Morgan fingerprint density at radius 3 is 2.29 bits per heavy atom. The summed E-state index contributed by atoms with van der Waals surface area (Å²) < 4.78 is 29.5. The summed E-state index contributed by atoms with van der Waals surface area (Å²) in [6, 6.07) is -0.563. The first-order chi connectivity index (χ1) is 6.26. The van der Waals surface area contributed by atoms with Crippen molar-refractivity contribution in [2.24, 2.45) is 5.92 Å². The number of carbonyl (C=O) groups excluding carboxylic acids is 1. The molecule has 1 amide bonds. The Balaban J connectivity index is 4.07. The normalized spacial score (nSPS) is 16.0. The molecule has 6 heteroatoms. The van der Waals surface area contributed by atoms with Crippen LogP contribution in [0.15, 0.2) is 0 Å². The van der Waals surface area contributed by atoms with Gasteiger partial charge in [0.15, 0.2) is 0 Å². The summed E-state index contributed by atoms with van der Waals surface area (Å²) in [7, 11) is -4.02. The van der Waals surface area contributed by atoms with Crippen molar-refractivity contribution in [1.29, 1.82) is 0 Å². The minimum Gasteiger partial charge on any atom is -0.352 e. The van der Waals surface area contributed by atoms with E-state index in [2.05, 4.69) is 5.32 Å². The SMILES string of the molecule is CCC(C)C(=O)NC(C)CS(=O)(=O)O. The third-order valence-corrected chi connectivity index (χ3v) is 2.83. The molecule has 2 N–H and O–H groups in total. The molecule has 2 atom stereocenters. The van der Waals surface area contributed by atoms with Crippen molar-refractivity contribution in [3.05, 3.63) is 0 Å². The predicted molar refractivity (Wildman–Crippen MR) is 53.5 cm³/mol. The first kappa shape index (κ1) is 13.4.